The molecule has 0 unspecified atom stereocenters. The smallest absolute Gasteiger partial charge is 0.293 e. The van der Waals surface area contributed by atoms with E-state index in [0.717, 1.165) is 27.8 Å². The van der Waals surface area contributed by atoms with Crippen LogP contribution in [-0.4, -0.2) is 28.6 Å². The van der Waals surface area contributed by atoms with Crippen LogP contribution >= 0.6 is 11.8 Å². The molecule has 104 valence electrons. The molecule has 1 saturated heterocycles. The molecule has 2 amide bonds. The Morgan fingerprint density at radius 1 is 1.40 bits per heavy atom. The van der Waals surface area contributed by atoms with Gasteiger partial charge in [-0.2, -0.15) is 0 Å². The average molecular weight is 290 g/mol. The number of carbonyl (C=O) groups is 3. The highest BCUT2D eigenvalue weighted by Gasteiger charge is 2.34. The highest BCUT2D eigenvalue weighted by atomic mass is 32.2. The van der Waals surface area contributed by atoms with Crippen LogP contribution in [0.15, 0.2) is 29.2 Å². The average Bonchev–Trinajstić information content (AvgIpc) is 2.62. The third-order valence-electron chi connectivity index (χ3n) is 2.75. The van der Waals surface area contributed by atoms with E-state index in [0.29, 0.717) is 4.91 Å². The van der Waals surface area contributed by atoms with Gasteiger partial charge in [0.05, 0.1) is 4.91 Å². The molecular weight excluding hydrogens is 278 g/mol. The summed E-state index contributed by atoms with van der Waals surface area (Å²) in [4.78, 5) is 35.3. The molecule has 1 aromatic carbocycles. The Bertz CT molecular complexity index is 609. The number of carboxylic acids is 1. The molecule has 20 heavy (non-hydrogen) atoms. The topological polar surface area (TPSA) is 77.5 Å². The van der Waals surface area contributed by atoms with Gasteiger partial charge in [0, 0.05) is 18.9 Å². The second kappa shape index (κ2) is 5.92. The number of hydrogen-bond donors (Lipinski definition) is 0. The molecule has 2 rings (SSSR count). The lowest BCUT2D eigenvalue weighted by atomic mass is 10.1. The Hall–Kier alpha value is -2.08. The molecule has 1 heterocycles. The highest BCUT2D eigenvalue weighted by molar-refractivity contribution is 8.18. The van der Waals surface area contributed by atoms with Gasteiger partial charge in [0.1, 0.15) is 0 Å². The molecule has 1 aliphatic heterocycles. The van der Waals surface area contributed by atoms with Crippen molar-refractivity contribution in [3.8, 4) is 0 Å². The van der Waals surface area contributed by atoms with Gasteiger partial charge in [0.2, 0.25) is 0 Å². The van der Waals surface area contributed by atoms with Crippen LogP contribution in [0.4, 0.5) is 4.79 Å². The van der Waals surface area contributed by atoms with Crippen molar-refractivity contribution in [1.29, 1.82) is 0 Å². The fraction of sp³-hybridized carbons (Fsp3) is 0.214. The van der Waals surface area contributed by atoms with E-state index >= 15 is 0 Å². The van der Waals surface area contributed by atoms with E-state index in [-0.39, 0.29) is 13.0 Å². The zero-order valence-electron chi connectivity index (χ0n) is 10.8. The number of thioether (sulfide) groups is 1. The Morgan fingerprint density at radius 2 is 2.15 bits per heavy atom. The zero-order valence-corrected chi connectivity index (χ0v) is 11.6. The summed E-state index contributed by atoms with van der Waals surface area (Å²) in [7, 11) is 0. The van der Waals surface area contributed by atoms with Crippen LogP contribution in [0.1, 0.15) is 17.5 Å². The maximum absolute atomic E-state index is 12.0. The normalized spacial score (nSPS) is 17.1. The summed E-state index contributed by atoms with van der Waals surface area (Å²) >= 11 is 0.819. The second-order valence-corrected chi connectivity index (χ2v) is 5.36. The first-order valence-corrected chi connectivity index (χ1v) is 6.81. The molecule has 0 bridgehead atoms. The van der Waals surface area contributed by atoms with Crippen LogP contribution in [-0.2, 0) is 9.59 Å². The summed E-state index contributed by atoms with van der Waals surface area (Å²) in [5.74, 6) is -1.74. The van der Waals surface area contributed by atoms with E-state index in [2.05, 4.69) is 0 Å². The second-order valence-electron chi connectivity index (χ2n) is 4.37. The summed E-state index contributed by atoms with van der Waals surface area (Å²) in [5, 5.41) is 9.95. The zero-order chi connectivity index (χ0) is 14.7. The maximum Gasteiger partial charge on any atom is 0.293 e. The molecule has 0 aliphatic carbocycles. The van der Waals surface area contributed by atoms with Gasteiger partial charge in [0.15, 0.2) is 0 Å². The number of hydrogen-bond acceptors (Lipinski definition) is 5. The van der Waals surface area contributed by atoms with Crippen molar-refractivity contribution in [2.45, 2.75) is 13.3 Å². The first-order chi connectivity index (χ1) is 9.47. The highest BCUT2D eigenvalue weighted by Crippen LogP contribution is 2.32. The van der Waals surface area contributed by atoms with Gasteiger partial charge in [-0.25, -0.2) is 0 Å². The number of benzene rings is 1. The van der Waals surface area contributed by atoms with Gasteiger partial charge < -0.3 is 9.90 Å². The van der Waals surface area contributed by atoms with E-state index in [4.69, 9.17) is 0 Å². The molecule has 1 aromatic rings. The molecular formula is C14H12NO4S-. The van der Waals surface area contributed by atoms with Crippen LogP contribution < -0.4 is 5.11 Å². The van der Waals surface area contributed by atoms with E-state index in [1.54, 1.807) is 6.08 Å². The summed E-state index contributed by atoms with van der Waals surface area (Å²) in [5.41, 5.74) is 1.88. The molecule has 0 atom stereocenters. The molecule has 1 aliphatic rings. The first kappa shape index (κ1) is 14.3. The number of rotatable bonds is 4. The van der Waals surface area contributed by atoms with Crippen LogP contribution in [0, 0.1) is 6.92 Å². The van der Waals surface area contributed by atoms with Gasteiger partial charge in [0.25, 0.3) is 11.1 Å². The van der Waals surface area contributed by atoms with Crippen molar-refractivity contribution in [1.82, 2.24) is 4.90 Å². The number of carbonyl (C=O) groups excluding carboxylic acids is 3. The Labute approximate surface area is 120 Å². The Balaban J connectivity index is 2.17. The van der Waals surface area contributed by atoms with Crippen molar-refractivity contribution in [2.24, 2.45) is 0 Å². The number of aliphatic carboxylic acids is 1. The van der Waals surface area contributed by atoms with Crippen LogP contribution in [0.5, 0.6) is 0 Å². The molecule has 0 aromatic heterocycles. The van der Waals surface area contributed by atoms with Crippen molar-refractivity contribution in [3.63, 3.8) is 0 Å². The Morgan fingerprint density at radius 3 is 2.80 bits per heavy atom. The molecule has 0 saturated carbocycles. The number of amides is 2. The minimum Gasteiger partial charge on any atom is -0.550 e. The largest absolute Gasteiger partial charge is 0.550 e. The lowest BCUT2D eigenvalue weighted by Gasteiger charge is -2.12. The van der Waals surface area contributed by atoms with E-state index in [9.17, 15) is 19.5 Å². The quantitative estimate of drug-likeness (QED) is 0.778. The fourth-order valence-electron chi connectivity index (χ4n) is 1.81. The third kappa shape index (κ3) is 3.27. The Kier molecular flexibility index (Phi) is 4.24. The predicted molar refractivity (Wildman–Crippen MR) is 73.5 cm³/mol. The number of nitrogens with zero attached hydrogens (tertiary/aromatic N) is 1. The monoisotopic (exact) mass is 290 g/mol. The summed E-state index contributed by atoms with van der Waals surface area (Å²) < 4.78 is 0. The lowest BCUT2D eigenvalue weighted by Crippen LogP contribution is -2.33. The number of aryl methyl sites for hydroxylation is 1. The first-order valence-electron chi connectivity index (χ1n) is 5.99. The third-order valence-corrected chi connectivity index (χ3v) is 3.66. The number of carboxylic acid groups (broad SMARTS) is 1. The standard InChI is InChI=1S/C14H13NO4S/c1-9-3-2-4-10(7-9)8-11-13(18)15(14(19)20-11)6-5-12(16)17/h2-4,7-8H,5-6H2,1H3,(H,16,17)/p-1/b11-8-. The summed E-state index contributed by atoms with van der Waals surface area (Å²) in [6.45, 7) is 1.78. The van der Waals surface area contributed by atoms with Crippen LogP contribution in [0.25, 0.3) is 6.08 Å². The van der Waals surface area contributed by atoms with E-state index in [1.165, 1.54) is 0 Å². The number of imide groups is 1. The molecule has 0 N–H and O–H groups in total. The fourth-order valence-corrected chi connectivity index (χ4v) is 2.67. The maximum atomic E-state index is 12.0. The minimum atomic E-state index is -1.29. The van der Waals surface area contributed by atoms with E-state index < -0.39 is 17.1 Å². The van der Waals surface area contributed by atoms with Gasteiger partial charge in [-0.15, -0.1) is 0 Å². The van der Waals surface area contributed by atoms with Crippen molar-refractivity contribution in [3.05, 3.63) is 40.3 Å². The molecule has 5 nitrogen and oxygen atoms in total. The molecule has 6 heteroatoms. The van der Waals surface area contributed by atoms with Gasteiger partial charge in [-0.3, -0.25) is 14.5 Å². The minimum absolute atomic E-state index is 0.155. The lowest BCUT2D eigenvalue weighted by molar-refractivity contribution is -0.305. The van der Waals surface area contributed by atoms with Gasteiger partial charge >= 0.3 is 0 Å². The molecule has 0 spiro atoms. The predicted octanol–water partition coefficient (Wildman–Crippen LogP) is 1.17. The molecule has 1 fully saturated rings. The van der Waals surface area contributed by atoms with Gasteiger partial charge in [-0.1, -0.05) is 29.8 Å². The SMILES string of the molecule is Cc1cccc(/C=C2\SC(=O)N(CCC(=O)[O-])C2=O)c1. The summed E-state index contributed by atoms with van der Waals surface area (Å²) in [6, 6.07) is 7.53. The van der Waals surface area contributed by atoms with Crippen LogP contribution in [0.3, 0.4) is 0 Å². The van der Waals surface area contributed by atoms with Crippen molar-refractivity contribution >= 4 is 35.0 Å². The summed E-state index contributed by atoms with van der Waals surface area (Å²) in [6.07, 6.45) is 1.28. The van der Waals surface area contributed by atoms with Gasteiger partial charge in [-0.05, 0) is 30.3 Å². The van der Waals surface area contributed by atoms with Crippen molar-refractivity contribution < 1.29 is 19.5 Å². The van der Waals surface area contributed by atoms with Crippen LogP contribution in [0.2, 0.25) is 0 Å². The van der Waals surface area contributed by atoms with Crippen molar-refractivity contribution in [2.75, 3.05) is 6.54 Å². The molecule has 0 radical (unpaired) electrons. The van der Waals surface area contributed by atoms with E-state index in [1.807, 2.05) is 31.2 Å².